The van der Waals surface area contributed by atoms with Gasteiger partial charge in [-0.2, -0.15) is 0 Å². The molecule has 0 amide bonds. The lowest BCUT2D eigenvalue weighted by atomic mass is 9.96. The summed E-state index contributed by atoms with van der Waals surface area (Å²) in [5, 5.41) is 13.4. The van der Waals surface area contributed by atoms with Gasteiger partial charge in [0.1, 0.15) is 18.4 Å². The number of aliphatic hydroxyl groups is 1. The number of aliphatic hydroxyl groups excluding tert-OH is 1. The van der Waals surface area contributed by atoms with E-state index in [0.29, 0.717) is 13.2 Å². The highest BCUT2D eigenvalue weighted by Crippen LogP contribution is 2.27. The van der Waals surface area contributed by atoms with Crippen molar-refractivity contribution in [1.29, 1.82) is 0 Å². The van der Waals surface area contributed by atoms with Gasteiger partial charge in [0.25, 0.3) is 0 Å². The maximum atomic E-state index is 10.1. The normalized spacial score (nSPS) is 40.2. The van der Waals surface area contributed by atoms with Crippen molar-refractivity contribution in [3.05, 3.63) is 35.9 Å². The minimum absolute atomic E-state index is 0.125. The molecule has 18 heavy (non-hydrogen) atoms. The molecule has 1 aromatic carbocycles. The number of fused-ring (bicyclic) bond motifs is 1. The van der Waals surface area contributed by atoms with E-state index >= 15 is 0 Å². The predicted molar refractivity (Wildman–Crippen MR) is 65.8 cm³/mol. The number of ether oxygens (including phenoxy) is 2. The van der Waals surface area contributed by atoms with Gasteiger partial charge in [-0.3, -0.25) is 5.32 Å². The van der Waals surface area contributed by atoms with Crippen molar-refractivity contribution in [3.8, 4) is 0 Å². The smallest absolute Gasteiger partial charge is 0.135 e. The van der Waals surface area contributed by atoms with Gasteiger partial charge in [0, 0.05) is 6.54 Å². The summed E-state index contributed by atoms with van der Waals surface area (Å²) in [5.41, 5.74) is 6.84. The van der Waals surface area contributed by atoms with Crippen LogP contribution in [0.25, 0.3) is 0 Å². The lowest BCUT2D eigenvalue weighted by molar-refractivity contribution is -0.215. The highest BCUT2D eigenvalue weighted by Gasteiger charge is 2.42. The number of nitrogens with one attached hydrogen (secondary N) is 1. The molecular weight excluding hydrogens is 232 g/mol. The zero-order valence-electron chi connectivity index (χ0n) is 10.0. The van der Waals surface area contributed by atoms with Gasteiger partial charge in [-0.15, -0.1) is 0 Å². The van der Waals surface area contributed by atoms with Gasteiger partial charge in [-0.1, -0.05) is 30.3 Å². The van der Waals surface area contributed by atoms with Gasteiger partial charge < -0.3 is 20.3 Å². The van der Waals surface area contributed by atoms with E-state index in [2.05, 4.69) is 5.32 Å². The number of benzene rings is 1. The Bertz CT molecular complexity index is 398. The zero-order chi connectivity index (χ0) is 12.5. The Morgan fingerprint density at radius 1 is 1.28 bits per heavy atom. The third-order valence-electron chi connectivity index (χ3n) is 3.54. The fourth-order valence-corrected chi connectivity index (χ4v) is 2.49. The Morgan fingerprint density at radius 2 is 2.06 bits per heavy atom. The van der Waals surface area contributed by atoms with Crippen LogP contribution in [0.3, 0.4) is 0 Å². The molecule has 4 N–H and O–H groups in total. The molecule has 2 aliphatic rings. The molecule has 1 aromatic rings. The van der Waals surface area contributed by atoms with E-state index < -0.39 is 6.10 Å². The molecule has 1 unspecified atom stereocenters. The van der Waals surface area contributed by atoms with E-state index in [1.165, 1.54) is 0 Å². The third kappa shape index (κ3) is 2.15. The molecule has 2 saturated heterocycles. The standard InChI is InChI=1S/C13H18N2O3/c14-9-7-17-10-6-15-13(18-12(10)11(9)16)8-4-2-1-3-5-8/h1-5,9-13,15-16H,6-7,14H2/t9-,10-,11+,12+,13?/m0/s1. The summed E-state index contributed by atoms with van der Waals surface area (Å²) < 4.78 is 11.5. The van der Waals surface area contributed by atoms with Crippen LogP contribution in [0, 0.1) is 0 Å². The molecule has 0 aromatic heterocycles. The lowest BCUT2D eigenvalue weighted by Gasteiger charge is -2.44. The molecule has 0 radical (unpaired) electrons. The molecule has 5 heteroatoms. The molecule has 98 valence electrons. The maximum Gasteiger partial charge on any atom is 0.135 e. The Kier molecular flexibility index (Phi) is 3.32. The first-order valence-electron chi connectivity index (χ1n) is 6.25. The fraction of sp³-hybridized carbons (Fsp3) is 0.538. The molecule has 3 rings (SSSR count). The molecule has 5 atom stereocenters. The van der Waals surface area contributed by atoms with Crippen LogP contribution in [0.1, 0.15) is 11.8 Å². The third-order valence-corrected chi connectivity index (χ3v) is 3.54. The maximum absolute atomic E-state index is 10.1. The molecular formula is C13H18N2O3. The largest absolute Gasteiger partial charge is 0.389 e. The Hall–Kier alpha value is -0.980. The number of rotatable bonds is 1. The Balaban J connectivity index is 1.75. The van der Waals surface area contributed by atoms with Crippen LogP contribution in [0.15, 0.2) is 30.3 Å². The van der Waals surface area contributed by atoms with Crippen molar-refractivity contribution in [1.82, 2.24) is 5.32 Å². The average molecular weight is 250 g/mol. The van der Waals surface area contributed by atoms with Crippen LogP contribution in [-0.4, -0.2) is 42.6 Å². The van der Waals surface area contributed by atoms with Gasteiger partial charge >= 0.3 is 0 Å². The van der Waals surface area contributed by atoms with Crippen LogP contribution in [-0.2, 0) is 9.47 Å². The van der Waals surface area contributed by atoms with E-state index in [4.69, 9.17) is 15.2 Å². The number of hydrogen-bond donors (Lipinski definition) is 3. The van der Waals surface area contributed by atoms with E-state index in [9.17, 15) is 5.11 Å². The molecule has 5 nitrogen and oxygen atoms in total. The molecule has 0 saturated carbocycles. The quantitative estimate of drug-likeness (QED) is 0.641. The van der Waals surface area contributed by atoms with E-state index in [1.54, 1.807) is 0 Å². The second-order valence-corrected chi connectivity index (χ2v) is 4.83. The van der Waals surface area contributed by atoms with Crippen molar-refractivity contribution in [2.45, 2.75) is 30.6 Å². The number of hydrogen-bond acceptors (Lipinski definition) is 5. The number of nitrogens with two attached hydrogens (primary N) is 1. The van der Waals surface area contributed by atoms with Gasteiger partial charge in [-0.25, -0.2) is 0 Å². The van der Waals surface area contributed by atoms with Crippen LogP contribution in [0.5, 0.6) is 0 Å². The average Bonchev–Trinajstić information content (AvgIpc) is 2.44. The van der Waals surface area contributed by atoms with Gasteiger partial charge in [-0.05, 0) is 5.56 Å². The molecule has 0 aliphatic carbocycles. The van der Waals surface area contributed by atoms with Gasteiger partial charge in [0.15, 0.2) is 0 Å². The lowest BCUT2D eigenvalue weighted by Crippen LogP contribution is -2.63. The van der Waals surface area contributed by atoms with Crippen LogP contribution in [0.2, 0.25) is 0 Å². The van der Waals surface area contributed by atoms with Crippen molar-refractivity contribution >= 4 is 0 Å². The Labute approximate surface area is 106 Å². The highest BCUT2D eigenvalue weighted by molar-refractivity contribution is 5.18. The summed E-state index contributed by atoms with van der Waals surface area (Å²) in [6.07, 6.45) is -1.37. The molecule has 2 fully saturated rings. The van der Waals surface area contributed by atoms with Crippen molar-refractivity contribution in [3.63, 3.8) is 0 Å². The van der Waals surface area contributed by atoms with Crippen molar-refractivity contribution in [2.75, 3.05) is 13.2 Å². The predicted octanol–water partition coefficient (Wildman–Crippen LogP) is -0.239. The minimum Gasteiger partial charge on any atom is -0.389 e. The highest BCUT2D eigenvalue weighted by atomic mass is 16.6. The van der Waals surface area contributed by atoms with Crippen LogP contribution < -0.4 is 11.1 Å². The molecule has 2 aliphatic heterocycles. The van der Waals surface area contributed by atoms with E-state index in [1.807, 2.05) is 30.3 Å². The Morgan fingerprint density at radius 3 is 2.83 bits per heavy atom. The SMILES string of the molecule is N[C@H]1CO[C@H]2CNC(c3ccccc3)O[C@H]2[C@@H]1O. The van der Waals surface area contributed by atoms with E-state index in [-0.39, 0.29) is 24.5 Å². The second kappa shape index (κ2) is 4.95. The summed E-state index contributed by atoms with van der Waals surface area (Å²) >= 11 is 0. The summed E-state index contributed by atoms with van der Waals surface area (Å²) in [5.74, 6) is 0. The summed E-state index contributed by atoms with van der Waals surface area (Å²) in [7, 11) is 0. The summed E-state index contributed by atoms with van der Waals surface area (Å²) in [6, 6.07) is 9.50. The van der Waals surface area contributed by atoms with Crippen LogP contribution >= 0.6 is 0 Å². The van der Waals surface area contributed by atoms with Crippen molar-refractivity contribution in [2.24, 2.45) is 5.73 Å². The minimum atomic E-state index is -0.669. The molecule has 0 spiro atoms. The summed E-state index contributed by atoms with van der Waals surface area (Å²) in [4.78, 5) is 0. The second-order valence-electron chi connectivity index (χ2n) is 4.83. The van der Waals surface area contributed by atoms with Crippen molar-refractivity contribution < 1.29 is 14.6 Å². The molecule has 0 bridgehead atoms. The monoisotopic (exact) mass is 250 g/mol. The van der Waals surface area contributed by atoms with Gasteiger partial charge in [0.2, 0.25) is 0 Å². The van der Waals surface area contributed by atoms with E-state index in [0.717, 1.165) is 5.56 Å². The summed E-state index contributed by atoms with van der Waals surface area (Å²) in [6.45, 7) is 1.04. The topological polar surface area (TPSA) is 76.7 Å². The van der Waals surface area contributed by atoms with Crippen LogP contribution in [0.4, 0.5) is 0 Å². The zero-order valence-corrected chi connectivity index (χ0v) is 10.0. The molecule has 2 heterocycles. The van der Waals surface area contributed by atoms with Gasteiger partial charge in [0.05, 0.1) is 18.8 Å². The first-order chi connectivity index (χ1) is 8.75. The first-order valence-corrected chi connectivity index (χ1v) is 6.25. The fourth-order valence-electron chi connectivity index (χ4n) is 2.49. The first kappa shape index (κ1) is 12.1.